The van der Waals surface area contributed by atoms with Gasteiger partial charge in [-0.2, -0.15) is 0 Å². The molecule has 2 nitrogen and oxygen atoms in total. The van der Waals surface area contributed by atoms with E-state index in [1.807, 2.05) is 0 Å². The molecule has 2 aliphatic rings. The van der Waals surface area contributed by atoms with E-state index in [-0.39, 0.29) is 0 Å². The van der Waals surface area contributed by atoms with Crippen molar-refractivity contribution < 1.29 is 0 Å². The lowest BCUT2D eigenvalue weighted by Crippen LogP contribution is -2.37. The van der Waals surface area contributed by atoms with E-state index in [1.54, 1.807) is 0 Å². The molecule has 1 aromatic carbocycles. The molecule has 110 valence electrons. The summed E-state index contributed by atoms with van der Waals surface area (Å²) >= 11 is 0. The van der Waals surface area contributed by atoms with Gasteiger partial charge < -0.3 is 10.6 Å². The second-order valence-electron chi connectivity index (χ2n) is 6.87. The summed E-state index contributed by atoms with van der Waals surface area (Å²) in [5.74, 6) is 1.76. The highest BCUT2D eigenvalue weighted by Gasteiger charge is 2.26. The van der Waals surface area contributed by atoms with Gasteiger partial charge in [-0.05, 0) is 69.0 Å². The normalized spacial score (nSPS) is 28.9. The van der Waals surface area contributed by atoms with E-state index < -0.39 is 0 Å². The van der Waals surface area contributed by atoms with Gasteiger partial charge in [0.15, 0.2) is 0 Å². The average Bonchev–Trinajstić information content (AvgIpc) is 2.88. The van der Waals surface area contributed by atoms with Crippen LogP contribution >= 0.6 is 0 Å². The van der Waals surface area contributed by atoms with Crippen LogP contribution in [0.4, 0.5) is 0 Å². The Morgan fingerprint density at radius 1 is 0.950 bits per heavy atom. The van der Waals surface area contributed by atoms with Crippen LogP contribution < -0.4 is 5.73 Å². The van der Waals surface area contributed by atoms with Crippen molar-refractivity contribution in [1.29, 1.82) is 0 Å². The van der Waals surface area contributed by atoms with Crippen LogP contribution in [0.1, 0.15) is 37.7 Å². The molecule has 1 saturated carbocycles. The van der Waals surface area contributed by atoms with Crippen LogP contribution in [0.2, 0.25) is 0 Å². The molecular formula is C18H28N2. The predicted molar refractivity (Wildman–Crippen MR) is 84.6 cm³/mol. The Labute approximate surface area is 123 Å². The first-order valence-electron chi connectivity index (χ1n) is 8.31. The number of hydrogen-bond acceptors (Lipinski definition) is 2. The highest BCUT2D eigenvalue weighted by Crippen LogP contribution is 2.27. The van der Waals surface area contributed by atoms with E-state index in [0.29, 0.717) is 6.04 Å². The summed E-state index contributed by atoms with van der Waals surface area (Å²) in [4.78, 5) is 2.68. The van der Waals surface area contributed by atoms with Crippen molar-refractivity contribution in [3.05, 3.63) is 35.9 Å². The van der Waals surface area contributed by atoms with Crippen molar-refractivity contribution in [2.45, 2.75) is 44.6 Å². The van der Waals surface area contributed by atoms with Gasteiger partial charge in [0, 0.05) is 12.6 Å². The van der Waals surface area contributed by atoms with Crippen molar-refractivity contribution in [1.82, 2.24) is 4.90 Å². The Kier molecular flexibility index (Phi) is 4.74. The van der Waals surface area contributed by atoms with Crippen LogP contribution in [0.25, 0.3) is 0 Å². The van der Waals surface area contributed by atoms with Crippen LogP contribution in [-0.2, 0) is 6.42 Å². The Morgan fingerprint density at radius 3 is 2.35 bits per heavy atom. The predicted octanol–water partition coefficient (Wildman–Crippen LogP) is 3.07. The molecule has 1 saturated heterocycles. The molecule has 2 N–H and O–H groups in total. The van der Waals surface area contributed by atoms with E-state index in [0.717, 1.165) is 11.8 Å². The number of nitrogens with zero attached hydrogens (tertiary/aromatic N) is 1. The largest absolute Gasteiger partial charge is 0.328 e. The third-order valence-electron chi connectivity index (χ3n) is 5.17. The van der Waals surface area contributed by atoms with Gasteiger partial charge in [-0.15, -0.1) is 0 Å². The van der Waals surface area contributed by atoms with Crippen molar-refractivity contribution in [2.75, 3.05) is 19.6 Å². The zero-order chi connectivity index (χ0) is 13.8. The molecule has 20 heavy (non-hydrogen) atoms. The minimum atomic E-state index is 0.482. The smallest absolute Gasteiger partial charge is 0.00420 e. The minimum absolute atomic E-state index is 0.482. The fraction of sp³-hybridized carbons (Fsp3) is 0.667. The molecule has 2 heteroatoms. The third kappa shape index (κ3) is 3.83. The van der Waals surface area contributed by atoms with Gasteiger partial charge in [0.2, 0.25) is 0 Å². The molecule has 1 heterocycles. The van der Waals surface area contributed by atoms with Gasteiger partial charge in [0.25, 0.3) is 0 Å². The van der Waals surface area contributed by atoms with E-state index in [1.165, 1.54) is 63.7 Å². The lowest BCUT2D eigenvalue weighted by molar-refractivity contribution is 0.160. The first-order valence-corrected chi connectivity index (χ1v) is 8.31. The van der Waals surface area contributed by atoms with E-state index in [9.17, 15) is 0 Å². The molecule has 0 spiro atoms. The second-order valence-corrected chi connectivity index (χ2v) is 6.87. The van der Waals surface area contributed by atoms with Gasteiger partial charge in [0.05, 0.1) is 0 Å². The number of hydrogen-bond donors (Lipinski definition) is 1. The highest BCUT2D eigenvalue weighted by molar-refractivity contribution is 5.15. The quantitative estimate of drug-likeness (QED) is 0.912. The number of nitrogens with two attached hydrogens (primary N) is 1. The number of likely N-dealkylation sites (tertiary alicyclic amines) is 1. The lowest BCUT2D eigenvalue weighted by Gasteiger charge is -2.33. The summed E-state index contributed by atoms with van der Waals surface area (Å²) in [7, 11) is 0. The molecule has 0 unspecified atom stereocenters. The Balaban J connectivity index is 1.41. The van der Waals surface area contributed by atoms with Gasteiger partial charge >= 0.3 is 0 Å². The number of benzene rings is 1. The molecule has 3 rings (SSSR count). The van der Waals surface area contributed by atoms with Crippen molar-refractivity contribution in [3.8, 4) is 0 Å². The zero-order valence-electron chi connectivity index (χ0n) is 12.5. The minimum Gasteiger partial charge on any atom is -0.328 e. The molecule has 2 atom stereocenters. The Hall–Kier alpha value is -0.860. The van der Waals surface area contributed by atoms with Crippen LogP contribution in [0.3, 0.4) is 0 Å². The van der Waals surface area contributed by atoms with Crippen LogP contribution in [0.15, 0.2) is 30.3 Å². The van der Waals surface area contributed by atoms with Gasteiger partial charge in [0.1, 0.15) is 0 Å². The average molecular weight is 272 g/mol. The maximum atomic E-state index is 6.02. The van der Waals surface area contributed by atoms with Crippen molar-refractivity contribution in [3.63, 3.8) is 0 Å². The molecule has 1 aliphatic heterocycles. The zero-order valence-corrected chi connectivity index (χ0v) is 12.5. The highest BCUT2D eigenvalue weighted by atomic mass is 15.1. The summed E-state index contributed by atoms with van der Waals surface area (Å²) < 4.78 is 0. The molecule has 2 fully saturated rings. The van der Waals surface area contributed by atoms with E-state index in [4.69, 9.17) is 5.73 Å². The standard InChI is InChI=1S/C18H28N2/c19-18-7-6-17(13-18)14-20-10-8-16(9-11-20)12-15-4-2-1-3-5-15/h1-5,16-18H,6-14,19H2/t17-,18+/m0/s1. The fourth-order valence-electron chi connectivity index (χ4n) is 3.97. The molecule has 0 amide bonds. The third-order valence-corrected chi connectivity index (χ3v) is 5.17. The Morgan fingerprint density at radius 2 is 1.70 bits per heavy atom. The first kappa shape index (κ1) is 14.1. The van der Waals surface area contributed by atoms with Gasteiger partial charge in [-0.1, -0.05) is 30.3 Å². The summed E-state index contributed by atoms with van der Waals surface area (Å²) in [6.45, 7) is 3.89. The van der Waals surface area contributed by atoms with Crippen molar-refractivity contribution in [2.24, 2.45) is 17.6 Å². The topological polar surface area (TPSA) is 29.3 Å². The molecule has 1 aromatic rings. The first-order chi connectivity index (χ1) is 9.79. The summed E-state index contributed by atoms with van der Waals surface area (Å²) in [5.41, 5.74) is 7.53. The maximum Gasteiger partial charge on any atom is 0.00420 e. The molecular weight excluding hydrogens is 244 g/mol. The molecule has 0 aromatic heterocycles. The lowest BCUT2D eigenvalue weighted by atomic mass is 9.90. The van der Waals surface area contributed by atoms with Crippen molar-refractivity contribution >= 4 is 0 Å². The van der Waals surface area contributed by atoms with E-state index in [2.05, 4.69) is 35.2 Å². The summed E-state index contributed by atoms with van der Waals surface area (Å²) in [5, 5.41) is 0. The fourth-order valence-corrected chi connectivity index (χ4v) is 3.97. The second kappa shape index (κ2) is 6.73. The summed E-state index contributed by atoms with van der Waals surface area (Å²) in [6.07, 6.45) is 7.86. The van der Waals surface area contributed by atoms with Crippen LogP contribution in [0, 0.1) is 11.8 Å². The van der Waals surface area contributed by atoms with Gasteiger partial charge in [-0.3, -0.25) is 0 Å². The molecule has 1 aliphatic carbocycles. The number of rotatable bonds is 4. The summed E-state index contributed by atoms with van der Waals surface area (Å²) in [6, 6.07) is 11.5. The number of piperidine rings is 1. The van der Waals surface area contributed by atoms with Crippen LogP contribution in [0.5, 0.6) is 0 Å². The molecule has 0 bridgehead atoms. The maximum absolute atomic E-state index is 6.02. The SMILES string of the molecule is N[C@@H]1CC[C@H](CN2CCC(Cc3ccccc3)CC2)C1. The monoisotopic (exact) mass is 272 g/mol. The van der Waals surface area contributed by atoms with Crippen LogP contribution in [-0.4, -0.2) is 30.6 Å². The van der Waals surface area contributed by atoms with Gasteiger partial charge in [-0.25, -0.2) is 0 Å². The molecule has 0 radical (unpaired) electrons. The van der Waals surface area contributed by atoms with E-state index >= 15 is 0 Å². The Bertz CT molecular complexity index is 395.